The highest BCUT2D eigenvalue weighted by atomic mass is 16.5. The molecule has 1 aromatic heterocycles. The van der Waals surface area contributed by atoms with E-state index in [0.717, 1.165) is 5.56 Å². The van der Waals surface area contributed by atoms with Crippen molar-refractivity contribution in [3.8, 4) is 0 Å². The highest BCUT2D eigenvalue weighted by Crippen LogP contribution is 2.31. The Morgan fingerprint density at radius 1 is 1.12 bits per heavy atom. The van der Waals surface area contributed by atoms with Crippen LogP contribution in [0.1, 0.15) is 28.5 Å². The van der Waals surface area contributed by atoms with Crippen LogP contribution in [0.5, 0.6) is 0 Å². The van der Waals surface area contributed by atoms with Gasteiger partial charge in [-0.2, -0.15) is 0 Å². The molecule has 0 saturated carbocycles. The molecule has 122 valence electrons. The number of carbonyl (C=O) groups excluding carboxylic acids is 2. The summed E-state index contributed by atoms with van der Waals surface area (Å²) in [6.07, 6.45) is -0.607. The van der Waals surface area contributed by atoms with Gasteiger partial charge < -0.3 is 10.5 Å². The Labute approximate surface area is 139 Å². The van der Waals surface area contributed by atoms with Gasteiger partial charge >= 0.3 is 6.09 Å². The molecule has 0 aliphatic heterocycles. The van der Waals surface area contributed by atoms with Crippen molar-refractivity contribution < 1.29 is 14.3 Å². The van der Waals surface area contributed by atoms with Gasteiger partial charge in [-0.3, -0.25) is 4.79 Å². The average Bonchev–Trinajstić information content (AvgIpc) is 2.87. The van der Waals surface area contributed by atoms with E-state index in [9.17, 15) is 9.59 Å². The van der Waals surface area contributed by atoms with E-state index in [1.165, 1.54) is 4.57 Å². The third kappa shape index (κ3) is 2.54. The van der Waals surface area contributed by atoms with Gasteiger partial charge in [0.1, 0.15) is 5.69 Å². The van der Waals surface area contributed by atoms with Gasteiger partial charge in [-0.1, -0.05) is 42.5 Å². The molecule has 0 amide bonds. The first kappa shape index (κ1) is 15.8. The van der Waals surface area contributed by atoms with Gasteiger partial charge in [-0.15, -0.1) is 0 Å². The Hall–Kier alpha value is -3.08. The van der Waals surface area contributed by atoms with E-state index >= 15 is 0 Å². The van der Waals surface area contributed by atoms with Gasteiger partial charge in [-0.05, 0) is 25.5 Å². The molecule has 0 fully saturated rings. The second-order valence-electron chi connectivity index (χ2n) is 5.51. The highest BCUT2D eigenvalue weighted by Gasteiger charge is 2.26. The van der Waals surface area contributed by atoms with Crippen LogP contribution in [-0.4, -0.2) is 23.1 Å². The number of hydrogen-bond acceptors (Lipinski definition) is 4. The Kier molecular flexibility index (Phi) is 4.08. The van der Waals surface area contributed by atoms with Crippen LogP contribution in [0.15, 0.2) is 48.5 Å². The number of nitrogens with zero attached hydrogens (tertiary/aromatic N) is 1. The molecule has 5 nitrogen and oxygen atoms in total. The Balaban J connectivity index is 2.30. The fourth-order valence-corrected chi connectivity index (χ4v) is 2.75. The number of nitrogen functional groups attached to an aromatic ring is 1. The second-order valence-corrected chi connectivity index (χ2v) is 5.51. The van der Waals surface area contributed by atoms with E-state index in [0.29, 0.717) is 16.5 Å². The SMILES string of the molecule is CCOC(=O)n1c(C(=O)c2ccccc2)c(N)c2ccc(C)cc21. The van der Waals surface area contributed by atoms with Crippen molar-refractivity contribution in [1.82, 2.24) is 4.57 Å². The number of aromatic nitrogens is 1. The number of carbonyl (C=O) groups is 2. The Morgan fingerprint density at radius 2 is 1.83 bits per heavy atom. The van der Waals surface area contributed by atoms with E-state index in [4.69, 9.17) is 10.5 Å². The fourth-order valence-electron chi connectivity index (χ4n) is 2.75. The van der Waals surface area contributed by atoms with Crippen molar-refractivity contribution in [3.05, 3.63) is 65.4 Å². The van der Waals surface area contributed by atoms with Gasteiger partial charge in [0.15, 0.2) is 0 Å². The van der Waals surface area contributed by atoms with Gasteiger partial charge in [0, 0.05) is 10.9 Å². The topological polar surface area (TPSA) is 74.3 Å². The lowest BCUT2D eigenvalue weighted by Gasteiger charge is -2.09. The van der Waals surface area contributed by atoms with Crippen LogP contribution in [0.25, 0.3) is 10.9 Å². The number of fused-ring (bicyclic) bond motifs is 1. The van der Waals surface area contributed by atoms with Crippen LogP contribution in [0, 0.1) is 6.92 Å². The maximum Gasteiger partial charge on any atom is 0.419 e. The summed E-state index contributed by atoms with van der Waals surface area (Å²) < 4.78 is 6.41. The van der Waals surface area contributed by atoms with Gasteiger partial charge in [0.2, 0.25) is 5.78 Å². The Bertz CT molecular complexity index is 927. The van der Waals surface area contributed by atoms with E-state index in [1.54, 1.807) is 31.2 Å². The summed E-state index contributed by atoms with van der Waals surface area (Å²) in [5.74, 6) is -0.310. The summed E-state index contributed by atoms with van der Waals surface area (Å²) in [6.45, 7) is 3.84. The number of anilines is 1. The van der Waals surface area contributed by atoms with Gasteiger partial charge in [-0.25, -0.2) is 9.36 Å². The van der Waals surface area contributed by atoms with Crippen molar-refractivity contribution in [2.75, 3.05) is 12.3 Å². The Morgan fingerprint density at radius 3 is 2.50 bits per heavy atom. The third-order valence-corrected chi connectivity index (χ3v) is 3.86. The van der Waals surface area contributed by atoms with Crippen LogP contribution in [0.2, 0.25) is 0 Å². The van der Waals surface area contributed by atoms with Crippen molar-refractivity contribution >= 4 is 28.5 Å². The molecular formula is C19H18N2O3. The maximum atomic E-state index is 12.9. The smallest absolute Gasteiger partial charge is 0.419 e. The van der Waals surface area contributed by atoms with E-state index in [1.807, 2.05) is 31.2 Å². The molecule has 0 aliphatic carbocycles. The summed E-state index contributed by atoms with van der Waals surface area (Å²) in [7, 11) is 0. The van der Waals surface area contributed by atoms with Crippen molar-refractivity contribution in [3.63, 3.8) is 0 Å². The zero-order valence-electron chi connectivity index (χ0n) is 13.6. The van der Waals surface area contributed by atoms with Crippen molar-refractivity contribution in [1.29, 1.82) is 0 Å². The molecule has 0 unspecified atom stereocenters. The minimum absolute atomic E-state index is 0.139. The van der Waals surface area contributed by atoms with Crippen LogP contribution in [0.4, 0.5) is 10.5 Å². The quantitative estimate of drug-likeness (QED) is 0.745. The molecule has 1 heterocycles. The molecule has 0 atom stereocenters. The van der Waals surface area contributed by atoms with Crippen LogP contribution in [0.3, 0.4) is 0 Å². The molecule has 5 heteroatoms. The number of benzene rings is 2. The first-order valence-electron chi connectivity index (χ1n) is 7.72. The molecule has 0 aliphatic rings. The number of aryl methyl sites for hydroxylation is 1. The molecular weight excluding hydrogens is 304 g/mol. The summed E-state index contributed by atoms with van der Waals surface area (Å²) >= 11 is 0. The lowest BCUT2D eigenvalue weighted by atomic mass is 10.1. The number of rotatable bonds is 3. The summed E-state index contributed by atoms with van der Waals surface area (Å²) in [4.78, 5) is 25.4. The zero-order chi connectivity index (χ0) is 17.3. The summed E-state index contributed by atoms with van der Waals surface area (Å²) in [5, 5.41) is 0.660. The molecule has 2 N–H and O–H groups in total. The van der Waals surface area contributed by atoms with Crippen LogP contribution < -0.4 is 5.73 Å². The van der Waals surface area contributed by atoms with E-state index < -0.39 is 6.09 Å². The van der Waals surface area contributed by atoms with Crippen molar-refractivity contribution in [2.45, 2.75) is 13.8 Å². The van der Waals surface area contributed by atoms with Crippen LogP contribution >= 0.6 is 0 Å². The molecule has 0 bridgehead atoms. The minimum Gasteiger partial charge on any atom is -0.449 e. The first-order chi connectivity index (χ1) is 11.5. The lowest BCUT2D eigenvalue weighted by molar-refractivity contribution is 0.102. The molecule has 0 radical (unpaired) electrons. The van der Waals surface area contributed by atoms with E-state index in [-0.39, 0.29) is 23.8 Å². The maximum absolute atomic E-state index is 12.9. The average molecular weight is 322 g/mol. The lowest BCUT2D eigenvalue weighted by Crippen LogP contribution is -2.20. The molecule has 3 aromatic rings. The van der Waals surface area contributed by atoms with Gasteiger partial charge in [0.25, 0.3) is 0 Å². The van der Waals surface area contributed by atoms with Crippen molar-refractivity contribution in [2.24, 2.45) is 0 Å². The first-order valence-corrected chi connectivity index (χ1v) is 7.72. The summed E-state index contributed by atoms with van der Waals surface area (Å²) in [5.41, 5.74) is 8.64. The molecule has 2 aromatic carbocycles. The van der Waals surface area contributed by atoms with Gasteiger partial charge in [0.05, 0.1) is 17.8 Å². The summed E-state index contributed by atoms with van der Waals surface area (Å²) in [6, 6.07) is 14.3. The number of ether oxygens (including phenoxy) is 1. The highest BCUT2D eigenvalue weighted by molar-refractivity contribution is 6.18. The predicted octanol–water partition coefficient (Wildman–Crippen LogP) is 3.77. The molecule has 0 spiro atoms. The molecule has 24 heavy (non-hydrogen) atoms. The number of nitrogens with two attached hydrogens (primary N) is 1. The van der Waals surface area contributed by atoms with Crippen LogP contribution in [-0.2, 0) is 4.74 Å². The molecule has 3 rings (SSSR count). The largest absolute Gasteiger partial charge is 0.449 e. The normalized spacial score (nSPS) is 10.8. The second kappa shape index (κ2) is 6.20. The third-order valence-electron chi connectivity index (χ3n) is 3.86. The zero-order valence-corrected chi connectivity index (χ0v) is 13.6. The number of hydrogen-bond donors (Lipinski definition) is 1. The standard InChI is InChI=1S/C19H18N2O3/c1-3-24-19(23)21-15-11-12(2)9-10-14(15)16(20)17(21)18(22)13-7-5-4-6-8-13/h4-11H,3,20H2,1-2H3. The monoisotopic (exact) mass is 322 g/mol. The molecule has 0 saturated heterocycles. The number of ketones is 1. The van der Waals surface area contributed by atoms with E-state index in [2.05, 4.69) is 0 Å². The fraction of sp³-hybridized carbons (Fsp3) is 0.158. The minimum atomic E-state index is -0.607. The predicted molar refractivity (Wildman–Crippen MR) is 93.4 cm³/mol.